The number of primary amides is 1. The quantitative estimate of drug-likeness (QED) is 0.900. The second kappa shape index (κ2) is 5.93. The average Bonchev–Trinajstić information content (AvgIpc) is 2.70. The van der Waals surface area contributed by atoms with Crippen molar-refractivity contribution >= 4 is 17.5 Å². The molecule has 5 heteroatoms. The molecule has 1 heterocycles. The van der Waals surface area contributed by atoms with Crippen LogP contribution in [0.25, 0.3) is 0 Å². The molecule has 1 aromatic carbocycles. The summed E-state index contributed by atoms with van der Waals surface area (Å²) in [6, 6.07) is 4.34. The first kappa shape index (κ1) is 16.2. The molecule has 3 atom stereocenters. The van der Waals surface area contributed by atoms with Crippen LogP contribution in [0.3, 0.4) is 0 Å². The fourth-order valence-corrected chi connectivity index (χ4v) is 3.22. The molecule has 3 unspecified atom stereocenters. The Bertz CT molecular complexity index is 542. The standard InChI is InChI=1S/C16H22ClFN2O/c1-16(2,3)8-14-11(7-13(20-14)15(19)21)10-5-4-9(17)6-12(10)18/h4-6,11,13-14,20H,7-8H2,1-3H3,(H2,19,21). The largest absolute Gasteiger partial charge is 0.368 e. The van der Waals surface area contributed by atoms with Crippen LogP contribution in [-0.2, 0) is 4.79 Å². The molecular formula is C16H22ClFN2O. The first-order valence-corrected chi connectivity index (χ1v) is 7.55. The monoisotopic (exact) mass is 312 g/mol. The highest BCUT2D eigenvalue weighted by molar-refractivity contribution is 6.30. The van der Waals surface area contributed by atoms with Gasteiger partial charge in [-0.05, 0) is 36.0 Å². The first-order valence-electron chi connectivity index (χ1n) is 7.18. The average molecular weight is 313 g/mol. The Morgan fingerprint density at radius 2 is 2.14 bits per heavy atom. The van der Waals surface area contributed by atoms with E-state index in [2.05, 4.69) is 26.1 Å². The van der Waals surface area contributed by atoms with Crippen molar-refractivity contribution in [2.45, 2.75) is 51.6 Å². The van der Waals surface area contributed by atoms with E-state index >= 15 is 0 Å². The highest BCUT2D eigenvalue weighted by Crippen LogP contribution is 2.38. The summed E-state index contributed by atoms with van der Waals surface area (Å²) in [5, 5.41) is 3.64. The van der Waals surface area contributed by atoms with E-state index in [-0.39, 0.29) is 29.1 Å². The van der Waals surface area contributed by atoms with Crippen LogP contribution in [0, 0.1) is 11.2 Å². The minimum atomic E-state index is -0.405. The fourth-order valence-electron chi connectivity index (χ4n) is 3.07. The lowest BCUT2D eigenvalue weighted by Crippen LogP contribution is -2.41. The Labute approximate surface area is 130 Å². The van der Waals surface area contributed by atoms with E-state index < -0.39 is 6.04 Å². The number of halogens is 2. The number of benzene rings is 1. The molecule has 0 saturated carbocycles. The van der Waals surface area contributed by atoms with Crippen LogP contribution in [0.5, 0.6) is 0 Å². The van der Waals surface area contributed by atoms with Crippen molar-refractivity contribution in [1.82, 2.24) is 5.32 Å². The molecule has 3 N–H and O–H groups in total. The third-order valence-corrected chi connectivity index (χ3v) is 4.16. The van der Waals surface area contributed by atoms with E-state index in [4.69, 9.17) is 17.3 Å². The maximum absolute atomic E-state index is 14.2. The lowest BCUT2D eigenvalue weighted by molar-refractivity contribution is -0.119. The van der Waals surface area contributed by atoms with Crippen LogP contribution < -0.4 is 11.1 Å². The SMILES string of the molecule is CC(C)(C)CC1NC(C(N)=O)CC1c1ccc(Cl)cc1F. The minimum Gasteiger partial charge on any atom is -0.368 e. The maximum Gasteiger partial charge on any atom is 0.234 e. The molecule has 0 aromatic heterocycles. The predicted molar refractivity (Wildman–Crippen MR) is 82.7 cm³/mol. The number of nitrogens with two attached hydrogens (primary N) is 1. The molecule has 0 aliphatic carbocycles. The van der Waals surface area contributed by atoms with Crippen LogP contribution in [-0.4, -0.2) is 18.0 Å². The molecule has 0 spiro atoms. The second-order valence-corrected chi connectivity index (χ2v) is 7.44. The highest BCUT2D eigenvalue weighted by Gasteiger charge is 2.39. The molecule has 1 aromatic rings. The molecule has 0 bridgehead atoms. The zero-order valence-corrected chi connectivity index (χ0v) is 13.4. The molecule has 1 aliphatic heterocycles. The van der Waals surface area contributed by atoms with E-state index in [9.17, 15) is 9.18 Å². The third-order valence-electron chi connectivity index (χ3n) is 3.93. The highest BCUT2D eigenvalue weighted by atomic mass is 35.5. The van der Waals surface area contributed by atoms with Gasteiger partial charge >= 0.3 is 0 Å². The smallest absolute Gasteiger partial charge is 0.234 e. The fraction of sp³-hybridized carbons (Fsp3) is 0.562. The molecule has 1 fully saturated rings. The van der Waals surface area contributed by atoms with Gasteiger partial charge in [0.05, 0.1) is 6.04 Å². The maximum atomic E-state index is 14.2. The first-order chi connectivity index (χ1) is 9.67. The van der Waals surface area contributed by atoms with Gasteiger partial charge in [0, 0.05) is 17.0 Å². The number of hydrogen-bond acceptors (Lipinski definition) is 2. The number of nitrogens with one attached hydrogen (secondary N) is 1. The number of carbonyl (C=O) groups is 1. The Hall–Kier alpha value is -1.13. The number of carbonyl (C=O) groups excluding carboxylic acids is 1. The van der Waals surface area contributed by atoms with Crippen molar-refractivity contribution in [3.8, 4) is 0 Å². The van der Waals surface area contributed by atoms with Crippen LogP contribution in [0.1, 0.15) is 45.1 Å². The van der Waals surface area contributed by atoms with Gasteiger partial charge in [-0.2, -0.15) is 0 Å². The van der Waals surface area contributed by atoms with Crippen LogP contribution in [0.4, 0.5) is 4.39 Å². The summed E-state index contributed by atoms with van der Waals surface area (Å²) in [6.45, 7) is 6.38. The van der Waals surface area contributed by atoms with Crippen molar-refractivity contribution in [2.75, 3.05) is 0 Å². The van der Waals surface area contributed by atoms with Gasteiger partial charge in [0.25, 0.3) is 0 Å². The summed E-state index contributed by atoms with van der Waals surface area (Å²) in [7, 11) is 0. The zero-order chi connectivity index (χ0) is 15.8. The normalized spacial score (nSPS) is 26.0. The molecule has 2 rings (SSSR count). The van der Waals surface area contributed by atoms with Crippen LogP contribution in [0.2, 0.25) is 5.02 Å². The van der Waals surface area contributed by atoms with Crippen LogP contribution in [0.15, 0.2) is 18.2 Å². The van der Waals surface area contributed by atoms with Crippen molar-refractivity contribution in [3.63, 3.8) is 0 Å². The molecule has 3 nitrogen and oxygen atoms in total. The van der Waals surface area contributed by atoms with E-state index in [1.807, 2.05) is 0 Å². The van der Waals surface area contributed by atoms with Gasteiger partial charge in [-0.25, -0.2) is 4.39 Å². The summed E-state index contributed by atoms with van der Waals surface area (Å²) in [5.41, 5.74) is 6.09. The topological polar surface area (TPSA) is 55.1 Å². The Morgan fingerprint density at radius 3 is 2.67 bits per heavy atom. The van der Waals surface area contributed by atoms with E-state index in [1.165, 1.54) is 6.07 Å². The Kier molecular flexibility index (Phi) is 4.59. The molecular weight excluding hydrogens is 291 g/mol. The molecule has 1 aliphatic rings. The van der Waals surface area contributed by atoms with Crippen LogP contribution >= 0.6 is 11.6 Å². The summed E-state index contributed by atoms with van der Waals surface area (Å²) in [5.74, 6) is -0.775. The lowest BCUT2D eigenvalue weighted by Gasteiger charge is -2.28. The summed E-state index contributed by atoms with van der Waals surface area (Å²) >= 11 is 5.82. The lowest BCUT2D eigenvalue weighted by atomic mass is 9.81. The van der Waals surface area contributed by atoms with Crippen molar-refractivity contribution in [3.05, 3.63) is 34.6 Å². The summed E-state index contributed by atoms with van der Waals surface area (Å²) in [4.78, 5) is 11.5. The van der Waals surface area contributed by atoms with Gasteiger partial charge in [0.15, 0.2) is 0 Å². The molecule has 21 heavy (non-hydrogen) atoms. The molecule has 1 saturated heterocycles. The second-order valence-electron chi connectivity index (χ2n) is 7.00. The zero-order valence-electron chi connectivity index (χ0n) is 12.6. The van der Waals surface area contributed by atoms with E-state index in [1.54, 1.807) is 12.1 Å². The van der Waals surface area contributed by atoms with E-state index in [0.29, 0.717) is 17.0 Å². The van der Waals surface area contributed by atoms with Crippen molar-refractivity contribution in [2.24, 2.45) is 11.1 Å². The number of hydrogen-bond donors (Lipinski definition) is 2. The summed E-state index contributed by atoms with van der Waals surface area (Å²) < 4.78 is 14.2. The van der Waals surface area contributed by atoms with Gasteiger partial charge < -0.3 is 11.1 Å². The van der Waals surface area contributed by atoms with E-state index in [0.717, 1.165) is 6.42 Å². The van der Waals surface area contributed by atoms with Gasteiger partial charge in [-0.1, -0.05) is 38.4 Å². The molecule has 0 radical (unpaired) electrons. The predicted octanol–water partition coefficient (Wildman–Crippen LogP) is 3.21. The van der Waals surface area contributed by atoms with Gasteiger partial charge in [0.2, 0.25) is 5.91 Å². The van der Waals surface area contributed by atoms with Crippen molar-refractivity contribution in [1.29, 1.82) is 0 Å². The third kappa shape index (κ3) is 3.95. The summed E-state index contributed by atoms with van der Waals surface area (Å²) in [6.07, 6.45) is 1.36. The number of rotatable bonds is 3. The van der Waals surface area contributed by atoms with Gasteiger partial charge in [-0.15, -0.1) is 0 Å². The molecule has 1 amide bonds. The van der Waals surface area contributed by atoms with Gasteiger partial charge in [0.1, 0.15) is 5.82 Å². The Morgan fingerprint density at radius 1 is 1.48 bits per heavy atom. The van der Waals surface area contributed by atoms with Gasteiger partial charge in [-0.3, -0.25) is 4.79 Å². The van der Waals surface area contributed by atoms with Crippen molar-refractivity contribution < 1.29 is 9.18 Å². The molecule has 116 valence electrons. The minimum absolute atomic E-state index is 0.0261. The Balaban J connectivity index is 2.30. The number of amides is 1.